The number of likely N-dealkylation sites (tertiary alicyclic amines) is 1. The molecule has 0 atom stereocenters. The van der Waals surface area contributed by atoms with Gasteiger partial charge in [-0.15, -0.1) is 0 Å². The third-order valence-corrected chi connectivity index (χ3v) is 6.61. The summed E-state index contributed by atoms with van der Waals surface area (Å²) < 4.78 is 6.35. The maximum Gasteiger partial charge on any atom is 0.227 e. The van der Waals surface area contributed by atoms with E-state index in [2.05, 4.69) is 15.2 Å². The number of ether oxygens (including phenoxy) is 1. The predicted molar refractivity (Wildman–Crippen MR) is 116 cm³/mol. The molecule has 4 heterocycles. The van der Waals surface area contributed by atoms with Gasteiger partial charge < -0.3 is 9.64 Å². The van der Waals surface area contributed by atoms with Gasteiger partial charge in [-0.2, -0.15) is 5.10 Å². The van der Waals surface area contributed by atoms with E-state index in [4.69, 9.17) is 9.72 Å². The number of piperidine rings is 1. The highest BCUT2D eigenvalue weighted by Crippen LogP contribution is 2.41. The number of aromatic amines is 1. The maximum atomic E-state index is 12.9. The normalized spacial score (nSPS) is 17.5. The van der Waals surface area contributed by atoms with Gasteiger partial charge in [0.2, 0.25) is 5.91 Å². The monoisotopic (exact) mass is 417 g/mol. The number of hydrogen-bond donors (Lipinski definition) is 1. The molecule has 7 heteroatoms. The van der Waals surface area contributed by atoms with Crippen LogP contribution < -0.4 is 0 Å². The summed E-state index contributed by atoms with van der Waals surface area (Å²) in [5, 5.41) is 7.18. The minimum absolute atomic E-state index is 0.145. The van der Waals surface area contributed by atoms with Crippen LogP contribution in [0.15, 0.2) is 36.5 Å². The third-order valence-electron chi connectivity index (χ3n) is 6.61. The highest BCUT2D eigenvalue weighted by molar-refractivity contribution is 5.79. The van der Waals surface area contributed by atoms with Crippen molar-refractivity contribution in [1.82, 2.24) is 25.1 Å². The summed E-state index contributed by atoms with van der Waals surface area (Å²) in [7, 11) is 0. The summed E-state index contributed by atoms with van der Waals surface area (Å²) in [5.41, 5.74) is 5.60. The fraction of sp³-hybridized carbons (Fsp3) is 0.417. The Bertz CT molecular complexity index is 1080. The SMILES string of the molecule is Cc1n[nH]c(C)c1CC(=O)N1CCC2(CC1)OCCc1cnc(-c3ccccc3)nc12. The molecular formula is C24H27N5O2. The molecule has 2 aliphatic rings. The fourth-order valence-electron chi connectivity index (χ4n) is 4.73. The first-order chi connectivity index (χ1) is 15.1. The summed E-state index contributed by atoms with van der Waals surface area (Å²) >= 11 is 0. The zero-order chi connectivity index (χ0) is 21.4. The van der Waals surface area contributed by atoms with E-state index in [1.54, 1.807) is 0 Å². The molecule has 0 saturated carbocycles. The Hall–Kier alpha value is -3.06. The van der Waals surface area contributed by atoms with Gasteiger partial charge in [-0.3, -0.25) is 9.89 Å². The summed E-state index contributed by atoms with van der Waals surface area (Å²) in [6.07, 6.45) is 4.67. The zero-order valence-corrected chi connectivity index (χ0v) is 18.0. The molecule has 1 N–H and O–H groups in total. The van der Waals surface area contributed by atoms with Crippen LogP contribution >= 0.6 is 0 Å². The van der Waals surface area contributed by atoms with Crippen molar-refractivity contribution in [2.45, 2.75) is 45.1 Å². The Labute approximate surface area is 181 Å². The molecule has 2 aliphatic heterocycles. The van der Waals surface area contributed by atoms with Gasteiger partial charge in [-0.05, 0) is 38.7 Å². The Morgan fingerprint density at radius 2 is 1.97 bits per heavy atom. The molecule has 160 valence electrons. The van der Waals surface area contributed by atoms with E-state index >= 15 is 0 Å². The van der Waals surface area contributed by atoms with Crippen molar-refractivity contribution < 1.29 is 9.53 Å². The largest absolute Gasteiger partial charge is 0.368 e. The molecule has 2 aromatic heterocycles. The Balaban J connectivity index is 1.35. The van der Waals surface area contributed by atoms with Crippen molar-refractivity contribution in [1.29, 1.82) is 0 Å². The molecule has 0 radical (unpaired) electrons. The standard InChI is InChI=1S/C24H27N5O2/c1-16-20(17(2)28-27-16)14-21(30)29-11-9-24(10-12-29)22-19(8-13-31-24)15-25-23(26-22)18-6-4-3-5-7-18/h3-7,15H,8-14H2,1-2H3,(H,27,28). The average molecular weight is 418 g/mol. The first-order valence-electron chi connectivity index (χ1n) is 10.9. The van der Waals surface area contributed by atoms with Crippen LogP contribution in [0.5, 0.6) is 0 Å². The van der Waals surface area contributed by atoms with Gasteiger partial charge >= 0.3 is 0 Å². The van der Waals surface area contributed by atoms with E-state index in [0.717, 1.165) is 58.9 Å². The second-order valence-corrected chi connectivity index (χ2v) is 8.50. The number of carbonyl (C=O) groups is 1. The van der Waals surface area contributed by atoms with E-state index < -0.39 is 5.60 Å². The number of hydrogen-bond acceptors (Lipinski definition) is 5. The molecule has 1 spiro atoms. The second kappa shape index (κ2) is 7.89. The van der Waals surface area contributed by atoms with Gasteiger partial charge in [0, 0.05) is 36.1 Å². The van der Waals surface area contributed by atoms with E-state index in [-0.39, 0.29) is 5.91 Å². The van der Waals surface area contributed by atoms with Crippen LogP contribution in [0.1, 0.15) is 41.1 Å². The lowest BCUT2D eigenvalue weighted by Crippen LogP contribution is -2.49. The molecule has 0 aliphatic carbocycles. The number of nitrogens with zero attached hydrogens (tertiary/aromatic N) is 4. The quantitative estimate of drug-likeness (QED) is 0.708. The number of rotatable bonds is 3. The molecule has 1 saturated heterocycles. The highest BCUT2D eigenvalue weighted by atomic mass is 16.5. The van der Waals surface area contributed by atoms with Crippen molar-refractivity contribution in [3.8, 4) is 11.4 Å². The van der Waals surface area contributed by atoms with Crippen LogP contribution in [-0.2, 0) is 28.0 Å². The van der Waals surface area contributed by atoms with Gasteiger partial charge in [0.25, 0.3) is 0 Å². The van der Waals surface area contributed by atoms with Crippen LogP contribution in [0, 0.1) is 13.8 Å². The van der Waals surface area contributed by atoms with Gasteiger partial charge in [0.1, 0.15) is 5.60 Å². The third kappa shape index (κ3) is 3.63. The number of H-pyrrole nitrogens is 1. The lowest BCUT2D eigenvalue weighted by atomic mass is 9.83. The molecule has 7 nitrogen and oxygen atoms in total. The lowest BCUT2D eigenvalue weighted by Gasteiger charge is -2.44. The zero-order valence-electron chi connectivity index (χ0n) is 18.0. The van der Waals surface area contributed by atoms with Gasteiger partial charge in [0.15, 0.2) is 5.82 Å². The molecule has 5 rings (SSSR count). The van der Waals surface area contributed by atoms with Crippen LogP contribution in [-0.4, -0.2) is 50.7 Å². The smallest absolute Gasteiger partial charge is 0.227 e. The van der Waals surface area contributed by atoms with Crippen molar-refractivity contribution in [2.24, 2.45) is 0 Å². The van der Waals surface area contributed by atoms with E-state index in [9.17, 15) is 4.79 Å². The number of nitrogens with one attached hydrogen (secondary N) is 1. The predicted octanol–water partition coefficient (Wildman–Crippen LogP) is 3.12. The van der Waals surface area contributed by atoms with E-state index in [0.29, 0.717) is 26.1 Å². The van der Waals surface area contributed by atoms with Gasteiger partial charge in [-0.1, -0.05) is 30.3 Å². The van der Waals surface area contributed by atoms with Crippen LogP contribution in [0.25, 0.3) is 11.4 Å². The average Bonchev–Trinajstić information content (AvgIpc) is 3.12. The fourth-order valence-corrected chi connectivity index (χ4v) is 4.73. The van der Waals surface area contributed by atoms with E-state index in [1.807, 2.05) is 55.3 Å². The number of benzene rings is 1. The molecule has 1 fully saturated rings. The molecule has 3 aromatic rings. The molecule has 0 bridgehead atoms. The number of amides is 1. The topological polar surface area (TPSA) is 84.0 Å². The Kier molecular flexibility index (Phi) is 5.06. The minimum Gasteiger partial charge on any atom is -0.368 e. The van der Waals surface area contributed by atoms with Crippen molar-refractivity contribution in [2.75, 3.05) is 19.7 Å². The summed E-state index contributed by atoms with van der Waals surface area (Å²) in [6.45, 7) is 5.90. The van der Waals surface area contributed by atoms with Crippen molar-refractivity contribution in [3.63, 3.8) is 0 Å². The summed E-state index contributed by atoms with van der Waals surface area (Å²) in [4.78, 5) is 24.5. The Morgan fingerprint density at radius 3 is 2.68 bits per heavy atom. The molecule has 31 heavy (non-hydrogen) atoms. The van der Waals surface area contributed by atoms with Gasteiger partial charge in [0.05, 0.1) is 24.4 Å². The first kappa shape index (κ1) is 19.9. The first-order valence-corrected chi connectivity index (χ1v) is 10.9. The number of fused-ring (bicyclic) bond motifs is 2. The molecule has 1 amide bonds. The van der Waals surface area contributed by atoms with Crippen LogP contribution in [0.3, 0.4) is 0 Å². The second-order valence-electron chi connectivity index (χ2n) is 8.50. The number of aromatic nitrogens is 4. The minimum atomic E-state index is -0.432. The maximum absolute atomic E-state index is 12.9. The molecule has 1 aromatic carbocycles. The van der Waals surface area contributed by atoms with Gasteiger partial charge in [-0.25, -0.2) is 9.97 Å². The van der Waals surface area contributed by atoms with E-state index in [1.165, 1.54) is 0 Å². The van der Waals surface area contributed by atoms with Crippen molar-refractivity contribution >= 4 is 5.91 Å². The summed E-state index contributed by atoms with van der Waals surface area (Å²) in [6, 6.07) is 10.0. The highest BCUT2D eigenvalue weighted by Gasteiger charge is 2.43. The van der Waals surface area contributed by atoms with Crippen LogP contribution in [0.2, 0.25) is 0 Å². The van der Waals surface area contributed by atoms with Crippen LogP contribution in [0.4, 0.5) is 0 Å². The lowest BCUT2D eigenvalue weighted by molar-refractivity contribution is -0.140. The summed E-state index contributed by atoms with van der Waals surface area (Å²) in [5.74, 6) is 0.875. The van der Waals surface area contributed by atoms with Crippen molar-refractivity contribution in [3.05, 3.63) is 64.7 Å². The number of carbonyl (C=O) groups excluding carboxylic acids is 1. The number of aryl methyl sites for hydroxylation is 2. The molecule has 0 unspecified atom stereocenters. The Morgan fingerprint density at radius 1 is 1.19 bits per heavy atom. The molecular weight excluding hydrogens is 390 g/mol.